The summed E-state index contributed by atoms with van der Waals surface area (Å²) >= 11 is 0. The van der Waals surface area contributed by atoms with E-state index in [1.165, 1.54) is 6.42 Å². The van der Waals surface area contributed by atoms with Crippen LogP contribution >= 0.6 is 0 Å². The number of amides is 1. The molecule has 26 heavy (non-hydrogen) atoms. The monoisotopic (exact) mass is 362 g/mol. The smallest absolute Gasteiger partial charge is 0.255 e. The number of aromatic nitrogens is 2. The van der Waals surface area contributed by atoms with Crippen LogP contribution in [0.1, 0.15) is 50.3 Å². The summed E-state index contributed by atoms with van der Waals surface area (Å²) in [4.78, 5) is 36.7. The quantitative estimate of drug-likeness (QED) is 0.861. The number of likely N-dealkylation sites (tertiary alicyclic amines) is 1. The molecule has 3 rings (SSSR count). The number of rotatable bonds is 5. The van der Waals surface area contributed by atoms with Crippen molar-refractivity contribution in [1.82, 2.24) is 14.9 Å². The fourth-order valence-corrected chi connectivity index (χ4v) is 3.94. The molecule has 0 aromatic carbocycles. The summed E-state index contributed by atoms with van der Waals surface area (Å²) in [6, 6.07) is 0.359. The molecule has 3 heterocycles. The fraction of sp³-hybridized carbons (Fsp3) is 0.737. The van der Waals surface area contributed by atoms with Crippen LogP contribution in [0.5, 0.6) is 0 Å². The Bertz CT molecular complexity index is 682. The van der Waals surface area contributed by atoms with Crippen LogP contribution in [0.3, 0.4) is 0 Å². The summed E-state index contributed by atoms with van der Waals surface area (Å²) in [5.41, 5.74) is 1.21. The molecule has 7 nitrogen and oxygen atoms in total. The van der Waals surface area contributed by atoms with Gasteiger partial charge in [0.15, 0.2) is 0 Å². The van der Waals surface area contributed by atoms with Gasteiger partial charge < -0.3 is 14.5 Å². The summed E-state index contributed by atoms with van der Waals surface area (Å²) in [5.74, 6) is 0.764. The van der Waals surface area contributed by atoms with Crippen molar-refractivity contribution in [2.24, 2.45) is 0 Å². The molecule has 0 radical (unpaired) electrons. The molecule has 0 aliphatic carbocycles. The van der Waals surface area contributed by atoms with Crippen molar-refractivity contribution < 1.29 is 9.53 Å². The second-order valence-electron chi connectivity index (χ2n) is 7.20. The van der Waals surface area contributed by atoms with Gasteiger partial charge in [0.05, 0.1) is 13.2 Å². The first-order valence-corrected chi connectivity index (χ1v) is 9.82. The van der Waals surface area contributed by atoms with Gasteiger partial charge in [-0.05, 0) is 39.0 Å². The van der Waals surface area contributed by atoms with Crippen LogP contribution in [0.15, 0.2) is 4.79 Å². The van der Waals surface area contributed by atoms with Crippen LogP contribution in [-0.4, -0.2) is 59.7 Å². The summed E-state index contributed by atoms with van der Waals surface area (Å²) in [6.45, 7) is 7.59. The lowest BCUT2D eigenvalue weighted by molar-refractivity contribution is -0.134. The number of nitrogens with zero attached hydrogens (tertiary/aromatic N) is 3. The molecule has 1 aromatic heterocycles. The van der Waals surface area contributed by atoms with Crippen molar-refractivity contribution in [2.75, 3.05) is 37.7 Å². The van der Waals surface area contributed by atoms with Gasteiger partial charge in [-0.1, -0.05) is 6.92 Å². The molecule has 144 valence electrons. The summed E-state index contributed by atoms with van der Waals surface area (Å²) in [7, 11) is 0. The average molecular weight is 362 g/mol. The largest absolute Gasteiger partial charge is 0.378 e. The highest BCUT2D eigenvalue weighted by atomic mass is 16.5. The highest BCUT2D eigenvalue weighted by molar-refractivity contribution is 5.77. The number of aromatic amines is 1. The highest BCUT2D eigenvalue weighted by Crippen LogP contribution is 2.21. The lowest BCUT2D eigenvalue weighted by Gasteiger charge is -2.35. The molecule has 0 saturated carbocycles. The lowest BCUT2D eigenvalue weighted by Crippen LogP contribution is -2.43. The normalized spacial score (nSPS) is 21.1. The number of carbonyl (C=O) groups excluding carboxylic acids is 1. The van der Waals surface area contributed by atoms with Gasteiger partial charge in [0.1, 0.15) is 0 Å². The van der Waals surface area contributed by atoms with Gasteiger partial charge >= 0.3 is 0 Å². The van der Waals surface area contributed by atoms with Crippen LogP contribution in [0, 0.1) is 6.92 Å². The van der Waals surface area contributed by atoms with Gasteiger partial charge in [-0.2, -0.15) is 0 Å². The van der Waals surface area contributed by atoms with E-state index in [2.05, 4.69) is 16.9 Å². The minimum atomic E-state index is -0.127. The van der Waals surface area contributed by atoms with Crippen LogP contribution in [0.25, 0.3) is 0 Å². The summed E-state index contributed by atoms with van der Waals surface area (Å²) in [6.07, 6.45) is 5.20. The van der Waals surface area contributed by atoms with Crippen molar-refractivity contribution in [1.29, 1.82) is 0 Å². The Kier molecular flexibility index (Phi) is 6.29. The number of hydrogen-bond donors (Lipinski definition) is 1. The van der Waals surface area contributed by atoms with Gasteiger partial charge in [-0.3, -0.25) is 14.6 Å². The maximum Gasteiger partial charge on any atom is 0.255 e. The number of aryl methyl sites for hydroxylation is 1. The number of anilines is 1. The molecule has 1 atom stereocenters. The fourth-order valence-electron chi connectivity index (χ4n) is 3.94. The van der Waals surface area contributed by atoms with E-state index in [-0.39, 0.29) is 11.5 Å². The Morgan fingerprint density at radius 2 is 2.04 bits per heavy atom. The maximum atomic E-state index is 12.6. The molecular formula is C19H30N4O3. The predicted octanol–water partition coefficient (Wildman–Crippen LogP) is 1.64. The van der Waals surface area contributed by atoms with E-state index in [9.17, 15) is 9.59 Å². The number of piperidine rings is 1. The second kappa shape index (κ2) is 8.66. The number of morpholine rings is 1. The standard InChI is InChI=1S/C19H30N4O3/c1-3-15-6-4-5-9-23(15)17(24)8-7-16-14(2)20-19(21-18(16)25)22-10-12-26-13-11-22/h15H,3-13H2,1-2H3,(H,20,21,25). The van der Waals surface area contributed by atoms with Crippen LogP contribution in [-0.2, 0) is 16.0 Å². The molecule has 2 aliphatic rings. The van der Waals surface area contributed by atoms with Gasteiger partial charge in [0.2, 0.25) is 11.9 Å². The molecule has 7 heteroatoms. The van der Waals surface area contributed by atoms with E-state index in [1.807, 2.05) is 16.7 Å². The molecule has 1 aromatic rings. The molecule has 2 saturated heterocycles. The molecule has 1 amide bonds. The third-order valence-corrected chi connectivity index (χ3v) is 5.53. The van der Waals surface area contributed by atoms with E-state index in [0.717, 1.165) is 38.9 Å². The Hall–Kier alpha value is -1.89. The predicted molar refractivity (Wildman–Crippen MR) is 101 cm³/mol. The molecule has 0 bridgehead atoms. The first-order chi connectivity index (χ1) is 12.6. The number of ether oxygens (including phenoxy) is 1. The number of carbonyl (C=O) groups is 1. The van der Waals surface area contributed by atoms with E-state index in [4.69, 9.17) is 4.74 Å². The lowest BCUT2D eigenvalue weighted by atomic mass is 9.99. The first-order valence-electron chi connectivity index (χ1n) is 9.82. The topological polar surface area (TPSA) is 78.5 Å². The maximum absolute atomic E-state index is 12.6. The summed E-state index contributed by atoms with van der Waals surface area (Å²) < 4.78 is 5.34. The van der Waals surface area contributed by atoms with E-state index in [1.54, 1.807) is 0 Å². The van der Waals surface area contributed by atoms with Gasteiger partial charge in [-0.25, -0.2) is 4.98 Å². The minimum absolute atomic E-state index is 0.127. The zero-order valence-corrected chi connectivity index (χ0v) is 15.9. The molecule has 1 N–H and O–H groups in total. The summed E-state index contributed by atoms with van der Waals surface area (Å²) in [5, 5.41) is 0. The molecular weight excluding hydrogens is 332 g/mol. The van der Waals surface area contributed by atoms with Crippen molar-refractivity contribution >= 4 is 11.9 Å². The molecule has 2 fully saturated rings. The van der Waals surface area contributed by atoms with Crippen LogP contribution < -0.4 is 10.5 Å². The Labute approximate surface area is 154 Å². The Morgan fingerprint density at radius 1 is 1.27 bits per heavy atom. The van der Waals surface area contributed by atoms with Crippen molar-refractivity contribution in [3.8, 4) is 0 Å². The Balaban J connectivity index is 1.66. The van der Waals surface area contributed by atoms with Crippen LogP contribution in [0.4, 0.5) is 5.95 Å². The van der Waals surface area contributed by atoms with Gasteiger partial charge in [0.25, 0.3) is 5.56 Å². The zero-order valence-electron chi connectivity index (χ0n) is 15.9. The number of H-pyrrole nitrogens is 1. The second-order valence-corrected chi connectivity index (χ2v) is 7.20. The van der Waals surface area contributed by atoms with Gasteiger partial charge in [0, 0.05) is 43.4 Å². The van der Waals surface area contributed by atoms with E-state index < -0.39 is 0 Å². The third kappa shape index (κ3) is 4.26. The third-order valence-electron chi connectivity index (χ3n) is 5.53. The van der Waals surface area contributed by atoms with E-state index >= 15 is 0 Å². The Morgan fingerprint density at radius 3 is 2.73 bits per heavy atom. The highest BCUT2D eigenvalue weighted by Gasteiger charge is 2.25. The average Bonchev–Trinajstić information content (AvgIpc) is 2.67. The van der Waals surface area contributed by atoms with Gasteiger partial charge in [-0.15, -0.1) is 0 Å². The minimum Gasteiger partial charge on any atom is -0.378 e. The van der Waals surface area contributed by atoms with Crippen molar-refractivity contribution in [2.45, 2.75) is 58.4 Å². The van der Waals surface area contributed by atoms with Crippen molar-refractivity contribution in [3.63, 3.8) is 0 Å². The first kappa shape index (κ1) is 18.9. The van der Waals surface area contributed by atoms with Crippen molar-refractivity contribution in [3.05, 3.63) is 21.6 Å². The number of hydrogen-bond acceptors (Lipinski definition) is 5. The van der Waals surface area contributed by atoms with E-state index in [0.29, 0.717) is 49.3 Å². The SMILES string of the molecule is CCC1CCCCN1C(=O)CCc1c(C)nc(N2CCOCC2)[nH]c1=O. The zero-order chi connectivity index (χ0) is 18.5. The molecule has 2 aliphatic heterocycles. The molecule has 1 unspecified atom stereocenters. The molecule has 0 spiro atoms. The van der Waals surface area contributed by atoms with Crippen LogP contribution in [0.2, 0.25) is 0 Å². The number of nitrogens with one attached hydrogen (secondary N) is 1.